The van der Waals surface area contributed by atoms with Crippen LogP contribution in [-0.4, -0.2) is 27.6 Å². The number of imidazole rings is 1. The number of pyridine rings is 2. The zero-order valence-electron chi connectivity index (χ0n) is 39.0. The van der Waals surface area contributed by atoms with Crippen molar-refractivity contribution in [3.8, 4) is 39.5 Å². The fourth-order valence-corrected chi connectivity index (χ4v) is 10.4. The van der Waals surface area contributed by atoms with E-state index < -0.39 is 8.07 Å². The monoisotopic (exact) mass is 1040 g/mol. The molecule has 329 valence electrons. The molecule has 5 aromatic carbocycles. The maximum Gasteiger partial charge on any atom is 0.216 e. The molecule has 4 heterocycles. The molecule has 0 spiro atoms. The van der Waals surface area contributed by atoms with Crippen molar-refractivity contribution in [3.05, 3.63) is 162 Å². The van der Waals surface area contributed by atoms with E-state index >= 15 is 0 Å². The van der Waals surface area contributed by atoms with Crippen molar-refractivity contribution in [1.29, 1.82) is 0 Å². The van der Waals surface area contributed by atoms with Gasteiger partial charge in [-0.25, -0.2) is 4.98 Å². The van der Waals surface area contributed by atoms with Gasteiger partial charge in [0, 0.05) is 43.1 Å². The second kappa shape index (κ2) is 19.7. The van der Waals surface area contributed by atoms with Crippen molar-refractivity contribution in [1.82, 2.24) is 19.5 Å². The third-order valence-electron chi connectivity index (χ3n) is 12.4. The number of para-hydroxylation sites is 2. The first-order chi connectivity index (χ1) is 30.4. The van der Waals surface area contributed by atoms with Crippen molar-refractivity contribution in [2.45, 2.75) is 99.2 Å². The molecule has 64 heavy (non-hydrogen) atoms. The van der Waals surface area contributed by atoms with Crippen LogP contribution >= 0.6 is 0 Å². The summed E-state index contributed by atoms with van der Waals surface area (Å²) in [5.41, 5.74) is 15.1. The number of rotatable bonds is 11. The van der Waals surface area contributed by atoms with Crippen molar-refractivity contribution in [2.24, 2.45) is 5.92 Å². The summed E-state index contributed by atoms with van der Waals surface area (Å²) in [5.74, 6) is 2.17. The van der Waals surface area contributed by atoms with Gasteiger partial charge in [0.15, 0.2) is 0 Å². The van der Waals surface area contributed by atoms with Crippen molar-refractivity contribution in [3.63, 3.8) is 0 Å². The van der Waals surface area contributed by atoms with Gasteiger partial charge in [-0.3, -0.25) is 4.98 Å². The van der Waals surface area contributed by atoms with Crippen molar-refractivity contribution < 1.29 is 24.5 Å². The molecule has 5 nitrogen and oxygen atoms in total. The summed E-state index contributed by atoms with van der Waals surface area (Å²) in [6.45, 7) is 22.9. The van der Waals surface area contributed by atoms with Crippen LogP contribution in [0.2, 0.25) is 19.6 Å². The minimum atomic E-state index is -1.37. The van der Waals surface area contributed by atoms with E-state index in [1.54, 1.807) is 0 Å². The van der Waals surface area contributed by atoms with E-state index in [2.05, 4.69) is 180 Å². The molecule has 9 aromatic rings. The Morgan fingerprint density at radius 2 is 1.39 bits per heavy atom. The number of benzene rings is 5. The molecule has 7 heteroatoms. The van der Waals surface area contributed by atoms with Crippen LogP contribution in [0, 0.1) is 25.0 Å². The predicted molar refractivity (Wildman–Crippen MR) is 268 cm³/mol. The van der Waals surface area contributed by atoms with Crippen LogP contribution in [0.25, 0.3) is 72.6 Å². The summed E-state index contributed by atoms with van der Waals surface area (Å²) in [6, 6.07) is 49.2. The molecule has 1 radical (unpaired) electrons. The molecule has 0 atom stereocenters. The van der Waals surface area contributed by atoms with Gasteiger partial charge in [0.05, 0.1) is 30.5 Å². The van der Waals surface area contributed by atoms with Crippen LogP contribution in [0.1, 0.15) is 88.6 Å². The van der Waals surface area contributed by atoms with Gasteiger partial charge in [-0.05, 0) is 101 Å². The number of hydrogen-bond donors (Lipinski definition) is 0. The molecule has 4 aromatic heterocycles. The first kappa shape index (κ1) is 46.5. The van der Waals surface area contributed by atoms with Gasteiger partial charge in [0.25, 0.3) is 0 Å². The number of hydrogen-bond acceptors (Lipinski definition) is 4. The number of nitrogens with zero attached hydrogens (tertiary/aromatic N) is 4. The Balaban J connectivity index is 0.000000227. The molecule has 0 aliphatic carbocycles. The summed E-state index contributed by atoms with van der Waals surface area (Å²) in [7, 11) is -1.37. The van der Waals surface area contributed by atoms with Gasteiger partial charge >= 0.3 is 0 Å². The predicted octanol–water partition coefficient (Wildman–Crippen LogP) is 15.1. The molecular formula is C57H60IrN4OSi-2. The van der Waals surface area contributed by atoms with Gasteiger partial charge in [-0.15, -0.1) is 54.1 Å². The van der Waals surface area contributed by atoms with Crippen LogP contribution in [0.5, 0.6) is 0 Å². The summed E-state index contributed by atoms with van der Waals surface area (Å²) in [4.78, 5) is 14.6. The largest absolute Gasteiger partial charge is 0.486 e. The van der Waals surface area contributed by atoms with E-state index in [4.69, 9.17) is 14.4 Å². The maximum atomic E-state index is 6.44. The minimum Gasteiger partial charge on any atom is -0.486 e. The number of furan rings is 1. The van der Waals surface area contributed by atoms with Gasteiger partial charge in [-0.2, -0.15) is 0 Å². The molecule has 9 rings (SSSR count). The standard InChI is InChI=1S/C37H32N3O.C20H28NSi.Ir/c1-22(2)30-20-26(25-12-7-6-8-13-25)21-31(23(3)4)34(30)40-33-17-10-9-16-32(33)39-36(40)29-15-11-14-27-28-19-18-24(5)38-37(28)41-35(27)29;1-6-16(7-2)13-18-14-19(17-11-9-8-10-12-17)21-15-20(18)22(3,4)5;/h6-14,16-23H,1-5H3;8-11,14-16H,6-7,13H2,1-5H3;/q2*-1;. The molecule has 0 saturated carbocycles. The minimum absolute atomic E-state index is 0. The molecule has 0 amide bonds. The zero-order valence-corrected chi connectivity index (χ0v) is 42.4. The molecule has 0 bridgehead atoms. The molecular weight excluding hydrogens is 977 g/mol. The first-order valence-electron chi connectivity index (χ1n) is 22.7. The summed E-state index contributed by atoms with van der Waals surface area (Å²) in [6.07, 6.45) is 5.81. The summed E-state index contributed by atoms with van der Waals surface area (Å²) in [5, 5.41) is 3.54. The van der Waals surface area contributed by atoms with E-state index in [-0.39, 0.29) is 20.1 Å². The Hall–Kier alpha value is -5.46. The maximum absolute atomic E-state index is 6.44. The van der Waals surface area contributed by atoms with E-state index in [1.165, 1.54) is 58.0 Å². The van der Waals surface area contributed by atoms with Crippen molar-refractivity contribution >= 4 is 46.4 Å². The van der Waals surface area contributed by atoms with Crippen LogP contribution < -0.4 is 5.19 Å². The quantitative estimate of drug-likeness (QED) is 0.0957. The van der Waals surface area contributed by atoms with E-state index in [9.17, 15) is 0 Å². The fourth-order valence-electron chi connectivity index (χ4n) is 8.85. The van der Waals surface area contributed by atoms with Gasteiger partial charge in [0.2, 0.25) is 5.71 Å². The van der Waals surface area contributed by atoms with Gasteiger partial charge in [-0.1, -0.05) is 139 Å². The molecule has 0 fully saturated rings. The Bertz CT molecular complexity index is 2980. The topological polar surface area (TPSA) is 56.7 Å². The SMILES string of the molecule is CCC(CC)Cc1cc(-c2[c-]cccc2)ncc1[Si](C)(C)C.Cc1ccc2c(n1)oc1c(-c3nc4ccccc4n3-c3c(C(C)C)cc(-c4ccccc4)cc3C(C)C)[c-]ccc12.[Ir]. The summed E-state index contributed by atoms with van der Waals surface area (Å²) < 4.78 is 8.78. The van der Waals surface area contributed by atoms with Crippen LogP contribution in [0.4, 0.5) is 0 Å². The molecule has 0 unspecified atom stereocenters. The van der Waals surface area contributed by atoms with E-state index in [1.807, 2.05) is 37.3 Å². The molecule has 0 aliphatic rings. The molecule has 0 saturated heterocycles. The van der Waals surface area contributed by atoms with Crippen LogP contribution in [-0.2, 0) is 26.5 Å². The number of aryl methyl sites for hydroxylation is 1. The van der Waals surface area contributed by atoms with Crippen LogP contribution in [0.3, 0.4) is 0 Å². The zero-order chi connectivity index (χ0) is 44.4. The second-order valence-corrected chi connectivity index (χ2v) is 23.6. The van der Waals surface area contributed by atoms with E-state index in [0.29, 0.717) is 17.5 Å². The third kappa shape index (κ3) is 9.49. The number of fused-ring (bicyclic) bond motifs is 4. The van der Waals surface area contributed by atoms with Gasteiger partial charge in [0.1, 0.15) is 0 Å². The second-order valence-electron chi connectivity index (χ2n) is 18.6. The third-order valence-corrected chi connectivity index (χ3v) is 14.5. The van der Waals surface area contributed by atoms with E-state index in [0.717, 1.165) is 61.6 Å². The molecule has 0 N–H and O–H groups in total. The average molecular weight is 1040 g/mol. The Labute approximate surface area is 394 Å². The smallest absolute Gasteiger partial charge is 0.216 e. The average Bonchev–Trinajstić information content (AvgIpc) is 3.86. The molecule has 0 aliphatic heterocycles. The van der Waals surface area contributed by atoms with Gasteiger partial charge < -0.3 is 14.0 Å². The Morgan fingerprint density at radius 3 is 2.05 bits per heavy atom. The Kier molecular flexibility index (Phi) is 14.3. The Morgan fingerprint density at radius 1 is 0.703 bits per heavy atom. The fraction of sp³-hybridized carbons (Fsp3) is 0.281. The first-order valence-corrected chi connectivity index (χ1v) is 26.2. The summed E-state index contributed by atoms with van der Waals surface area (Å²) >= 11 is 0. The van der Waals surface area contributed by atoms with Crippen molar-refractivity contribution in [2.75, 3.05) is 0 Å². The normalized spacial score (nSPS) is 11.8. The number of aromatic nitrogens is 4. The van der Waals surface area contributed by atoms with Crippen LogP contribution in [0.15, 0.2) is 132 Å².